The fourth-order valence-electron chi connectivity index (χ4n) is 10.1. The molecule has 2 saturated heterocycles. The molecule has 11 rings (SSSR count). The zero-order valence-corrected chi connectivity index (χ0v) is 33.3. The van der Waals surface area contributed by atoms with Crippen LogP contribution in [0.5, 0.6) is 0 Å². The third-order valence-corrected chi connectivity index (χ3v) is 12.3. The molecule has 2 fully saturated rings. The minimum atomic E-state index is 0. The van der Waals surface area contributed by atoms with E-state index in [2.05, 4.69) is 166 Å². The van der Waals surface area contributed by atoms with Gasteiger partial charge in [-0.3, -0.25) is 0 Å². The van der Waals surface area contributed by atoms with Gasteiger partial charge in [-0.05, 0) is 110 Å². The molecule has 0 radical (unpaired) electrons. The fraction of sp³-hybridized carbons (Fsp3) is 0.240. The summed E-state index contributed by atoms with van der Waals surface area (Å²) in [5.74, 6) is 0.458. The van der Waals surface area contributed by atoms with Gasteiger partial charge in [0, 0.05) is 11.8 Å². The van der Waals surface area contributed by atoms with Gasteiger partial charge >= 0.3 is 21.1 Å². The maximum Gasteiger partial charge on any atom is 4.00 e. The Morgan fingerprint density at radius 2 is 0.673 bits per heavy atom. The van der Waals surface area contributed by atoms with Gasteiger partial charge in [0.05, 0.1) is 0 Å². The number of rotatable bonds is 2. The van der Waals surface area contributed by atoms with Gasteiger partial charge in [0.25, 0.3) is 0 Å². The predicted molar refractivity (Wildman–Crippen MR) is 216 cm³/mol. The molecule has 6 aromatic rings. The number of hydrogen-bond donors (Lipinski definition) is 0. The van der Waals surface area contributed by atoms with Gasteiger partial charge in [-0.2, -0.15) is 36.4 Å². The zero-order valence-electron chi connectivity index (χ0n) is 31.0. The molecule has 5 aliphatic rings. The number of fused-ring (bicyclic) bond motifs is 14. The minimum Gasteiger partial charge on any atom is -0.441 e. The van der Waals surface area contributed by atoms with Crippen LogP contribution >= 0.6 is 0 Å². The molecule has 3 aliphatic heterocycles. The summed E-state index contributed by atoms with van der Waals surface area (Å²) in [6.45, 7) is 12.4. The van der Waals surface area contributed by atoms with E-state index in [-0.39, 0.29) is 32.9 Å². The Balaban J connectivity index is 0.00000372. The summed E-state index contributed by atoms with van der Waals surface area (Å²) >= 11 is 0. The van der Waals surface area contributed by atoms with Crippen molar-refractivity contribution in [3.8, 4) is 22.3 Å². The third-order valence-electron chi connectivity index (χ3n) is 12.3. The molecule has 5 heteroatoms. The van der Waals surface area contributed by atoms with E-state index in [9.17, 15) is 0 Å². The molecule has 0 amide bonds. The molecule has 2 aliphatic carbocycles. The molecule has 0 spiro atoms. The van der Waals surface area contributed by atoms with Crippen LogP contribution in [0.2, 0.25) is 0 Å². The van der Waals surface area contributed by atoms with Gasteiger partial charge in [-0.25, -0.2) is 13.3 Å². The van der Waals surface area contributed by atoms with Crippen LogP contribution in [0.15, 0.2) is 121 Å². The van der Waals surface area contributed by atoms with E-state index < -0.39 is 0 Å². The van der Waals surface area contributed by atoms with Gasteiger partial charge in [0.15, 0.2) is 0 Å². The predicted octanol–water partition coefficient (Wildman–Crippen LogP) is 9.57. The van der Waals surface area contributed by atoms with Crippen LogP contribution in [0.25, 0.3) is 22.3 Å². The van der Waals surface area contributed by atoms with Crippen molar-refractivity contribution in [2.24, 2.45) is 0 Å². The molecule has 0 saturated carbocycles. The summed E-state index contributed by atoms with van der Waals surface area (Å²) in [5, 5.41) is 0. The maximum atomic E-state index is 3.94. The van der Waals surface area contributed by atoms with Crippen molar-refractivity contribution in [3.63, 3.8) is 0 Å². The van der Waals surface area contributed by atoms with Gasteiger partial charge in [0.1, 0.15) is 0 Å². The molecule has 0 N–H and O–H groups in total. The average Bonchev–Trinajstić information content (AvgIpc) is 3.71. The summed E-state index contributed by atoms with van der Waals surface area (Å²) in [5.41, 5.74) is 19.0. The van der Waals surface area contributed by atoms with Crippen molar-refractivity contribution in [2.75, 3.05) is 26.2 Å². The molecule has 3 heterocycles. The summed E-state index contributed by atoms with van der Waals surface area (Å²) in [4.78, 5) is 10.1. The van der Waals surface area contributed by atoms with Crippen LogP contribution in [0.3, 0.4) is 0 Å². The normalized spacial score (nSPS) is 22.8. The first kappa shape index (κ1) is 35.3. The SMILES string of the molecule is [Pt+4].[c-]1c2cc(C3c4ccccc4-c4ccccc43)cc1CN1[CH-]N(CCC1)Cc1[c-]c(cc(C3c4ccccc4-c4ccccc43)c1)CN1[CH-]N(CCC1)C2. The third kappa shape index (κ3) is 6.56. The summed E-state index contributed by atoms with van der Waals surface area (Å²) < 4.78 is 0. The Kier molecular flexibility index (Phi) is 9.45. The van der Waals surface area contributed by atoms with Crippen molar-refractivity contribution in [3.05, 3.63) is 202 Å². The summed E-state index contributed by atoms with van der Waals surface area (Å²) in [6, 6.07) is 53.8. The average molecular weight is 896 g/mol. The van der Waals surface area contributed by atoms with Crippen LogP contribution < -0.4 is 0 Å². The Morgan fingerprint density at radius 3 is 0.964 bits per heavy atom. The van der Waals surface area contributed by atoms with E-state index in [4.69, 9.17) is 0 Å². The van der Waals surface area contributed by atoms with E-state index in [0.717, 1.165) is 65.2 Å². The molecule has 4 nitrogen and oxygen atoms in total. The maximum absolute atomic E-state index is 3.94. The van der Waals surface area contributed by atoms with Gasteiger partial charge in [-0.15, -0.1) is 33.4 Å². The summed E-state index contributed by atoms with van der Waals surface area (Å²) in [7, 11) is 0. The molecular formula is C50H44N4Pt. The molecule has 4 unspecified atom stereocenters. The molecule has 0 aromatic heterocycles. The van der Waals surface area contributed by atoms with E-state index in [1.54, 1.807) is 0 Å². The first-order valence-corrected chi connectivity index (χ1v) is 19.8. The molecule has 4 atom stereocenters. The van der Waals surface area contributed by atoms with Crippen molar-refractivity contribution >= 4 is 0 Å². The van der Waals surface area contributed by atoms with Crippen LogP contribution in [0.1, 0.15) is 80.3 Å². The Morgan fingerprint density at radius 1 is 0.400 bits per heavy atom. The number of benzene rings is 6. The minimum absolute atomic E-state index is 0. The van der Waals surface area contributed by atoms with Crippen LogP contribution in [0.4, 0.5) is 0 Å². The Bertz CT molecular complexity index is 2070. The van der Waals surface area contributed by atoms with Crippen LogP contribution in [-0.4, -0.2) is 45.8 Å². The van der Waals surface area contributed by atoms with Crippen molar-refractivity contribution in [1.82, 2.24) is 19.6 Å². The monoisotopic (exact) mass is 895 g/mol. The molecule has 55 heavy (non-hydrogen) atoms. The van der Waals surface area contributed by atoms with Crippen molar-refractivity contribution < 1.29 is 21.1 Å². The quantitative estimate of drug-likeness (QED) is 0.161. The number of nitrogens with zero attached hydrogens (tertiary/aromatic N) is 4. The summed E-state index contributed by atoms with van der Waals surface area (Å²) in [6.07, 6.45) is 2.28. The van der Waals surface area contributed by atoms with Crippen molar-refractivity contribution in [1.29, 1.82) is 0 Å². The van der Waals surface area contributed by atoms with E-state index >= 15 is 0 Å². The largest absolute Gasteiger partial charge is 4.00 e. The molecule has 6 aromatic carbocycles. The van der Waals surface area contributed by atoms with Crippen LogP contribution in [0, 0.1) is 25.5 Å². The molecule has 274 valence electrons. The Hall–Kier alpha value is -4.15. The fourth-order valence-corrected chi connectivity index (χ4v) is 10.1. The first-order valence-electron chi connectivity index (χ1n) is 19.8. The topological polar surface area (TPSA) is 13.0 Å². The van der Waals surface area contributed by atoms with Crippen LogP contribution in [-0.2, 0) is 47.2 Å². The zero-order chi connectivity index (χ0) is 35.6. The van der Waals surface area contributed by atoms with Gasteiger partial charge in [-0.1, -0.05) is 97.1 Å². The second kappa shape index (κ2) is 14.7. The van der Waals surface area contributed by atoms with E-state index in [0.29, 0.717) is 0 Å². The second-order valence-electron chi connectivity index (χ2n) is 16.0. The molecular weight excluding hydrogens is 852 g/mol. The van der Waals surface area contributed by atoms with Gasteiger partial charge < -0.3 is 19.6 Å². The van der Waals surface area contributed by atoms with E-state index in [1.807, 2.05) is 0 Å². The van der Waals surface area contributed by atoms with E-state index in [1.165, 1.54) is 77.9 Å². The second-order valence-corrected chi connectivity index (χ2v) is 16.0. The van der Waals surface area contributed by atoms with Crippen molar-refractivity contribution in [2.45, 2.75) is 50.9 Å². The van der Waals surface area contributed by atoms with Gasteiger partial charge in [0.2, 0.25) is 0 Å². The number of hydrogen-bond acceptors (Lipinski definition) is 4. The standard InChI is InChI=1S/C50H44N4.Pt/c1-5-15-45-41(11-1)42-12-2-6-16-46(42)49(45)39-25-35-23-36(26-39)30-52-20-10-22-54(34-52)32-38-24-37(31-53-21-9-19-51(29-35)33-53)27-40(28-38)50-47-17-7-3-13-43(47)44-14-4-8-18-48(44)50;/h1-8,11-18,25-28,33-34,49-50H,9-10,19-22,29-32H2;/q-4;+4. The Labute approximate surface area is 340 Å². The molecule has 8 bridgehead atoms. The first-order chi connectivity index (χ1) is 26.7. The smallest absolute Gasteiger partial charge is 0.441 e.